The van der Waals surface area contributed by atoms with E-state index in [1.807, 2.05) is 62.4 Å². The third kappa shape index (κ3) is 23.3. The number of rotatable bonds is 14. The average molecular weight is 497 g/mol. The van der Waals surface area contributed by atoms with Crippen LogP contribution in [0.4, 0.5) is 0 Å². The molecule has 0 saturated heterocycles. The number of hydrogen-bond donors (Lipinski definition) is 0. The minimum atomic E-state index is 0.574. The van der Waals surface area contributed by atoms with E-state index in [4.69, 9.17) is 9.47 Å². The fourth-order valence-corrected chi connectivity index (χ4v) is 3.12. The van der Waals surface area contributed by atoms with Crippen molar-refractivity contribution in [1.82, 2.24) is 0 Å². The van der Waals surface area contributed by atoms with Gasteiger partial charge in [0, 0.05) is 0 Å². The zero-order valence-electron chi connectivity index (χ0n) is 24.5. The van der Waals surface area contributed by atoms with Crippen LogP contribution < -0.4 is 9.47 Å². The maximum Gasteiger partial charge on any atom is 0.122 e. The Balaban J connectivity index is 0. The first-order valence-corrected chi connectivity index (χ1v) is 14.1. The molecule has 2 aromatic rings. The highest BCUT2D eigenvalue weighted by Gasteiger charge is 1.94. The molecule has 204 valence electrons. The third-order valence-corrected chi connectivity index (χ3v) is 5.11. The molecule has 0 aromatic heterocycles. The lowest BCUT2D eigenvalue weighted by Crippen LogP contribution is -1.93. The third-order valence-electron chi connectivity index (χ3n) is 5.11. The Labute approximate surface area is 224 Å². The van der Waals surface area contributed by atoms with E-state index in [0.29, 0.717) is 13.2 Å². The Bertz CT molecular complexity index is 674. The number of ether oxygens (including phenoxy) is 2. The van der Waals surface area contributed by atoms with Crippen LogP contribution in [0.25, 0.3) is 0 Å². The van der Waals surface area contributed by atoms with Crippen LogP contribution in [0.2, 0.25) is 0 Å². The highest BCUT2D eigenvalue weighted by atomic mass is 16.5. The molecule has 0 unspecified atom stereocenters. The average Bonchev–Trinajstić information content (AvgIpc) is 2.89. The van der Waals surface area contributed by atoms with Crippen LogP contribution in [0.1, 0.15) is 103 Å². The van der Waals surface area contributed by atoms with E-state index in [0.717, 1.165) is 22.6 Å². The van der Waals surface area contributed by atoms with Crippen molar-refractivity contribution in [3.8, 4) is 11.5 Å². The van der Waals surface area contributed by atoms with Gasteiger partial charge in [-0.05, 0) is 37.1 Å². The van der Waals surface area contributed by atoms with Crippen molar-refractivity contribution in [1.29, 1.82) is 0 Å². The quantitative estimate of drug-likeness (QED) is 0.191. The molecule has 0 radical (unpaired) electrons. The summed E-state index contributed by atoms with van der Waals surface area (Å²) in [4.78, 5) is 0. The van der Waals surface area contributed by atoms with Crippen molar-refractivity contribution in [3.05, 3.63) is 85.0 Å². The number of hydrogen-bond acceptors (Lipinski definition) is 2. The Morgan fingerprint density at radius 1 is 0.556 bits per heavy atom. The van der Waals surface area contributed by atoms with E-state index in [1.165, 1.54) is 64.2 Å². The smallest absolute Gasteiger partial charge is 0.122 e. The fourth-order valence-electron chi connectivity index (χ4n) is 3.12. The molecule has 0 spiro atoms. The van der Waals surface area contributed by atoms with Crippen LogP contribution in [-0.2, 0) is 0 Å². The maximum absolute atomic E-state index is 5.37. The van der Waals surface area contributed by atoms with Gasteiger partial charge in [0.25, 0.3) is 0 Å². The molecule has 2 heteroatoms. The lowest BCUT2D eigenvalue weighted by Gasteiger charge is -2.04. The second-order valence-electron chi connectivity index (χ2n) is 8.91. The molecule has 0 saturated carbocycles. The molecule has 0 bridgehead atoms. The fraction of sp³-hybridized carbons (Fsp3) is 0.529. The first-order chi connectivity index (χ1) is 17.5. The molecule has 36 heavy (non-hydrogen) atoms. The monoisotopic (exact) mass is 496 g/mol. The Hall–Kier alpha value is -2.48. The van der Waals surface area contributed by atoms with Crippen molar-refractivity contribution in [3.63, 3.8) is 0 Å². The van der Waals surface area contributed by atoms with Gasteiger partial charge in [-0.3, -0.25) is 0 Å². The minimum absolute atomic E-state index is 0.574. The number of benzene rings is 2. The number of para-hydroxylation sites is 2. The summed E-state index contributed by atoms with van der Waals surface area (Å²) in [5.41, 5.74) is 2.32. The highest BCUT2D eigenvalue weighted by Crippen LogP contribution is 2.16. The molecule has 0 aliphatic carbocycles. The summed E-state index contributed by atoms with van der Waals surface area (Å²) >= 11 is 0. The Kier molecular flexibility index (Phi) is 28.5. The highest BCUT2D eigenvalue weighted by molar-refractivity contribution is 5.32. The molecular weight excluding hydrogens is 440 g/mol. The van der Waals surface area contributed by atoms with Crippen molar-refractivity contribution >= 4 is 0 Å². The van der Waals surface area contributed by atoms with Gasteiger partial charge >= 0.3 is 0 Å². The van der Waals surface area contributed by atoms with Gasteiger partial charge < -0.3 is 9.47 Å². The van der Waals surface area contributed by atoms with Gasteiger partial charge in [-0.2, -0.15) is 0 Å². The summed E-state index contributed by atoms with van der Waals surface area (Å²) in [6, 6.07) is 15.9. The molecular formula is C34H56O2. The second kappa shape index (κ2) is 28.8. The molecule has 2 rings (SSSR count). The molecule has 2 nitrogen and oxygen atoms in total. The molecule has 0 aliphatic rings. The molecule has 0 aliphatic heterocycles. The number of aryl methyl sites for hydroxylation is 2. The Morgan fingerprint density at radius 3 is 1.14 bits per heavy atom. The minimum Gasteiger partial charge on any atom is -0.489 e. The van der Waals surface area contributed by atoms with Crippen LogP contribution >= 0.6 is 0 Å². The van der Waals surface area contributed by atoms with E-state index in [9.17, 15) is 0 Å². The van der Waals surface area contributed by atoms with Crippen molar-refractivity contribution in [2.75, 3.05) is 13.2 Å². The topological polar surface area (TPSA) is 18.5 Å². The van der Waals surface area contributed by atoms with Crippen LogP contribution in [0.5, 0.6) is 11.5 Å². The zero-order chi connectivity index (χ0) is 27.3. The van der Waals surface area contributed by atoms with Crippen LogP contribution in [0, 0.1) is 13.8 Å². The van der Waals surface area contributed by atoms with Crippen molar-refractivity contribution < 1.29 is 9.47 Å². The van der Waals surface area contributed by atoms with Crippen molar-refractivity contribution in [2.45, 2.75) is 106 Å². The summed E-state index contributed by atoms with van der Waals surface area (Å²) in [7, 11) is 0. The predicted molar refractivity (Wildman–Crippen MR) is 163 cm³/mol. The van der Waals surface area contributed by atoms with Gasteiger partial charge in [0.15, 0.2) is 0 Å². The van der Waals surface area contributed by atoms with Crippen LogP contribution in [0.3, 0.4) is 0 Å². The summed E-state index contributed by atoms with van der Waals surface area (Å²) in [5.74, 6) is 1.87. The standard InChI is InChI=1S/C11H24.2C10H12O.C3H8/c1-3-5-7-9-11-10-8-6-4-2;2*1-3-8-11-10-7-5-4-6-9(10)2;1-3-2/h3-11H2,1-2H3;2*3-7H,1,8H2,2H3;3H2,1-2H3. The van der Waals surface area contributed by atoms with Crippen molar-refractivity contribution in [2.24, 2.45) is 0 Å². The van der Waals surface area contributed by atoms with Gasteiger partial charge in [0.2, 0.25) is 0 Å². The van der Waals surface area contributed by atoms with Gasteiger partial charge in [-0.25, -0.2) is 0 Å². The molecule has 0 N–H and O–H groups in total. The molecule has 0 fully saturated rings. The first-order valence-electron chi connectivity index (χ1n) is 14.1. The SMILES string of the molecule is C=CCOc1ccccc1C.C=CCOc1ccccc1C.CCC.CCCCCCCCCCC. The van der Waals surface area contributed by atoms with Crippen LogP contribution in [0.15, 0.2) is 73.8 Å². The summed E-state index contributed by atoms with van der Waals surface area (Å²) in [6.07, 6.45) is 17.7. The maximum atomic E-state index is 5.37. The molecule has 0 atom stereocenters. The van der Waals surface area contributed by atoms with Gasteiger partial charge in [-0.15, -0.1) is 0 Å². The molecule has 0 heterocycles. The predicted octanol–water partition coefficient (Wildman–Crippen LogP) is 11.1. The van der Waals surface area contributed by atoms with E-state index in [-0.39, 0.29) is 0 Å². The summed E-state index contributed by atoms with van der Waals surface area (Å²) in [6.45, 7) is 21.2. The number of unbranched alkanes of at least 4 members (excludes halogenated alkanes) is 8. The molecule has 2 aromatic carbocycles. The normalized spacial score (nSPS) is 9.28. The zero-order valence-corrected chi connectivity index (χ0v) is 24.5. The van der Waals surface area contributed by atoms with E-state index < -0.39 is 0 Å². The Morgan fingerprint density at radius 2 is 0.861 bits per heavy atom. The van der Waals surface area contributed by atoms with Gasteiger partial charge in [0.1, 0.15) is 24.7 Å². The second-order valence-corrected chi connectivity index (χ2v) is 8.91. The summed E-state index contributed by atoms with van der Waals surface area (Å²) in [5, 5.41) is 0. The van der Waals surface area contributed by atoms with E-state index in [1.54, 1.807) is 12.2 Å². The van der Waals surface area contributed by atoms with E-state index in [2.05, 4.69) is 40.9 Å². The van der Waals surface area contributed by atoms with E-state index >= 15 is 0 Å². The first kappa shape index (κ1) is 35.7. The lowest BCUT2D eigenvalue weighted by molar-refractivity contribution is 0.360. The van der Waals surface area contributed by atoms with Gasteiger partial charge in [0.05, 0.1) is 0 Å². The lowest BCUT2D eigenvalue weighted by atomic mass is 10.1. The molecule has 0 amide bonds. The van der Waals surface area contributed by atoms with Gasteiger partial charge in [-0.1, -0.05) is 154 Å². The largest absolute Gasteiger partial charge is 0.489 e. The summed E-state index contributed by atoms with van der Waals surface area (Å²) < 4.78 is 10.7. The van der Waals surface area contributed by atoms with Crippen LogP contribution in [-0.4, -0.2) is 13.2 Å².